The van der Waals surface area contributed by atoms with Crippen LogP contribution in [0.15, 0.2) is 0 Å². The molecule has 0 N–H and O–H groups in total. The molecule has 1 fully saturated rings. The maximum atomic E-state index is 10.3. The summed E-state index contributed by atoms with van der Waals surface area (Å²) in [7, 11) is 0. The van der Waals surface area contributed by atoms with E-state index in [1.165, 1.54) is 0 Å². The number of aliphatic carboxylic acids is 1. The minimum atomic E-state index is -1.17. The second-order valence-corrected chi connectivity index (χ2v) is 4.48. The van der Waals surface area contributed by atoms with Gasteiger partial charge in [-0.2, -0.15) is 0 Å². The zero-order valence-electron chi connectivity index (χ0n) is 6.65. The molecule has 1 aliphatic rings. The van der Waals surface area contributed by atoms with Crippen LogP contribution in [0.2, 0.25) is 0 Å². The number of carbonyl (C=O) groups is 1. The van der Waals surface area contributed by atoms with Crippen molar-refractivity contribution in [3.63, 3.8) is 0 Å². The van der Waals surface area contributed by atoms with Crippen LogP contribution in [-0.4, -0.2) is 10.3 Å². The summed E-state index contributed by atoms with van der Waals surface area (Å²) < 4.78 is -1.13. The topological polar surface area (TPSA) is 40.1 Å². The molecule has 1 aliphatic carbocycles. The molecule has 5 heteroatoms. The van der Waals surface area contributed by atoms with Crippen molar-refractivity contribution in [2.75, 3.05) is 0 Å². The summed E-state index contributed by atoms with van der Waals surface area (Å²) in [6, 6.07) is 0. The Labute approximate surface area is 97.5 Å². The summed E-state index contributed by atoms with van der Waals surface area (Å²) in [4.78, 5) is 10.3. The first-order valence-corrected chi connectivity index (χ1v) is 3.66. The van der Waals surface area contributed by atoms with Gasteiger partial charge in [0.2, 0.25) is 0 Å². The molecule has 0 radical (unpaired) electrons. The number of carboxylic acid groups (broad SMARTS) is 1. The largest absolute Gasteiger partial charge is 1.00 e. The van der Waals surface area contributed by atoms with Gasteiger partial charge in [0.05, 0.1) is 0 Å². The van der Waals surface area contributed by atoms with Gasteiger partial charge in [-0.05, 0) is 0 Å². The molecule has 1 rings (SSSR count). The molecule has 1 unspecified atom stereocenters. The third-order valence-corrected chi connectivity index (χ3v) is 3.51. The van der Waals surface area contributed by atoms with Crippen LogP contribution in [0.4, 0.5) is 0 Å². The second kappa shape index (κ2) is 3.08. The summed E-state index contributed by atoms with van der Waals surface area (Å²) in [5.41, 5.74) is -0.547. The van der Waals surface area contributed by atoms with E-state index in [4.69, 9.17) is 23.2 Å². The van der Waals surface area contributed by atoms with Crippen molar-refractivity contribution in [3.05, 3.63) is 0 Å². The first-order chi connectivity index (χ1) is 4.32. The van der Waals surface area contributed by atoms with Crippen LogP contribution in [-0.2, 0) is 4.79 Å². The zero-order valence-corrected chi connectivity index (χ0v) is 10.2. The van der Waals surface area contributed by atoms with Gasteiger partial charge in [0.15, 0.2) is 0 Å². The molecule has 0 aromatic rings. The van der Waals surface area contributed by atoms with Gasteiger partial charge in [0.25, 0.3) is 0 Å². The molecular formula is C6H7Cl2NaO2. The third kappa shape index (κ3) is 1.56. The van der Waals surface area contributed by atoms with Gasteiger partial charge < -0.3 is 9.90 Å². The van der Waals surface area contributed by atoms with Crippen LogP contribution in [0.3, 0.4) is 0 Å². The number of carbonyl (C=O) groups excluding carboxylic acids is 1. The van der Waals surface area contributed by atoms with Crippen molar-refractivity contribution in [2.24, 2.45) is 11.3 Å². The fourth-order valence-electron chi connectivity index (χ4n) is 1.10. The number of carboxylic acids is 1. The normalized spacial score (nSPS) is 30.4. The molecular weight excluding hydrogens is 198 g/mol. The smallest absolute Gasteiger partial charge is 0.550 e. The molecule has 1 saturated carbocycles. The number of hydrogen-bond acceptors (Lipinski definition) is 2. The average Bonchev–Trinajstić information content (AvgIpc) is 1.97. The van der Waals surface area contributed by atoms with Crippen LogP contribution >= 0.6 is 23.2 Å². The number of alkyl halides is 2. The maximum absolute atomic E-state index is 10.3. The molecule has 0 spiro atoms. The van der Waals surface area contributed by atoms with Crippen LogP contribution < -0.4 is 34.7 Å². The predicted octanol–water partition coefficient (Wildman–Crippen LogP) is -2.43. The molecule has 0 aromatic carbocycles. The van der Waals surface area contributed by atoms with Gasteiger partial charge in [-0.15, -0.1) is 23.2 Å². The number of hydrogen-bond donors (Lipinski definition) is 0. The minimum absolute atomic E-state index is 0. The van der Waals surface area contributed by atoms with Crippen molar-refractivity contribution in [2.45, 2.75) is 18.2 Å². The van der Waals surface area contributed by atoms with E-state index in [1.807, 2.05) is 0 Å². The van der Waals surface area contributed by atoms with Crippen molar-refractivity contribution in [1.82, 2.24) is 0 Å². The first kappa shape index (κ1) is 12.0. The molecule has 2 nitrogen and oxygen atoms in total. The fourth-order valence-corrected chi connectivity index (χ4v) is 1.93. The molecule has 0 amide bonds. The summed E-state index contributed by atoms with van der Waals surface area (Å²) in [6.45, 7) is 3.40. The molecule has 11 heavy (non-hydrogen) atoms. The van der Waals surface area contributed by atoms with E-state index in [-0.39, 0.29) is 29.6 Å². The molecule has 0 aliphatic heterocycles. The average molecular weight is 205 g/mol. The van der Waals surface area contributed by atoms with Crippen molar-refractivity contribution in [1.29, 1.82) is 0 Å². The molecule has 0 heterocycles. The standard InChI is InChI=1S/C6H8Cl2O2.Na/c1-5(2)3(4(9)10)6(5,7)8;/h3H,1-2H3,(H,9,10);/q;+1/p-1. The maximum Gasteiger partial charge on any atom is 1.00 e. The molecule has 0 aromatic heterocycles. The predicted molar refractivity (Wildman–Crippen MR) is 36.7 cm³/mol. The minimum Gasteiger partial charge on any atom is -0.550 e. The first-order valence-electron chi connectivity index (χ1n) is 2.90. The zero-order chi connectivity index (χ0) is 8.15. The van der Waals surface area contributed by atoms with Gasteiger partial charge >= 0.3 is 29.6 Å². The van der Waals surface area contributed by atoms with Crippen LogP contribution in [0.5, 0.6) is 0 Å². The Morgan fingerprint density at radius 1 is 1.45 bits per heavy atom. The van der Waals surface area contributed by atoms with Gasteiger partial charge in [0.1, 0.15) is 4.33 Å². The summed E-state index contributed by atoms with van der Waals surface area (Å²) in [5.74, 6) is -1.90. The number of rotatable bonds is 1. The molecule has 0 saturated heterocycles. The van der Waals surface area contributed by atoms with Crippen molar-refractivity contribution in [3.8, 4) is 0 Å². The molecule has 1 atom stereocenters. The van der Waals surface area contributed by atoms with Crippen LogP contribution in [0, 0.1) is 11.3 Å². The quantitative estimate of drug-likeness (QED) is 0.352. The van der Waals surface area contributed by atoms with E-state index in [2.05, 4.69) is 0 Å². The third-order valence-electron chi connectivity index (χ3n) is 2.10. The van der Waals surface area contributed by atoms with Gasteiger partial charge in [-0.1, -0.05) is 13.8 Å². The van der Waals surface area contributed by atoms with Gasteiger partial charge in [0, 0.05) is 17.3 Å². The Morgan fingerprint density at radius 2 is 1.73 bits per heavy atom. The number of halogens is 2. The molecule has 0 bridgehead atoms. The Bertz CT molecular complexity index is 177. The Morgan fingerprint density at radius 3 is 1.73 bits per heavy atom. The summed E-state index contributed by atoms with van der Waals surface area (Å²) in [5, 5.41) is 10.3. The molecule has 58 valence electrons. The Hall–Kier alpha value is 1.05. The van der Waals surface area contributed by atoms with Crippen molar-refractivity contribution < 1.29 is 39.5 Å². The van der Waals surface area contributed by atoms with E-state index >= 15 is 0 Å². The van der Waals surface area contributed by atoms with E-state index in [1.54, 1.807) is 13.8 Å². The fraction of sp³-hybridized carbons (Fsp3) is 0.833. The van der Waals surface area contributed by atoms with E-state index in [9.17, 15) is 9.90 Å². The summed E-state index contributed by atoms with van der Waals surface area (Å²) >= 11 is 11.3. The Kier molecular flexibility index (Phi) is 3.37. The Balaban J connectivity index is 0.000001000. The van der Waals surface area contributed by atoms with Crippen LogP contribution in [0.25, 0.3) is 0 Å². The summed E-state index contributed by atoms with van der Waals surface area (Å²) in [6.07, 6.45) is 0. The SMILES string of the molecule is CC1(C)C(C(=O)[O-])C1(Cl)Cl.[Na+]. The van der Waals surface area contributed by atoms with E-state index in [0.29, 0.717) is 0 Å². The van der Waals surface area contributed by atoms with Gasteiger partial charge in [-0.25, -0.2) is 0 Å². The van der Waals surface area contributed by atoms with E-state index in [0.717, 1.165) is 0 Å². The van der Waals surface area contributed by atoms with E-state index < -0.39 is 21.6 Å². The van der Waals surface area contributed by atoms with Gasteiger partial charge in [-0.3, -0.25) is 0 Å². The van der Waals surface area contributed by atoms with Crippen molar-refractivity contribution >= 4 is 29.2 Å². The van der Waals surface area contributed by atoms with Crippen LogP contribution in [0.1, 0.15) is 13.8 Å². The second-order valence-electron chi connectivity index (χ2n) is 3.10. The monoisotopic (exact) mass is 204 g/mol.